The maximum Gasteiger partial charge on any atom is 0.205 e. The van der Waals surface area contributed by atoms with Crippen molar-refractivity contribution in [2.45, 2.75) is 32.7 Å². The van der Waals surface area contributed by atoms with Crippen LogP contribution in [0.1, 0.15) is 32.2 Å². The van der Waals surface area contributed by atoms with E-state index < -0.39 is 0 Å². The Morgan fingerprint density at radius 3 is 2.37 bits per heavy atom. The fourth-order valence-electron chi connectivity index (χ4n) is 1.64. The number of nitrogens with zero attached hydrogens (tertiary/aromatic N) is 3. The molecule has 102 valence electrons. The summed E-state index contributed by atoms with van der Waals surface area (Å²) in [6.07, 6.45) is 0. The number of aromatic nitrogens is 2. The zero-order valence-corrected chi connectivity index (χ0v) is 12.7. The summed E-state index contributed by atoms with van der Waals surface area (Å²) < 4.78 is 4.43. The fourth-order valence-corrected chi connectivity index (χ4v) is 2.45. The smallest absolute Gasteiger partial charge is 0.205 e. The lowest BCUT2D eigenvalue weighted by Crippen LogP contribution is -2.17. The molecular formula is C14H20N4S. The maximum atomic E-state index is 5.69. The molecule has 0 unspecified atom stereocenters. The molecule has 0 atom stereocenters. The van der Waals surface area contributed by atoms with Crippen LogP contribution in [-0.4, -0.2) is 16.4 Å². The van der Waals surface area contributed by atoms with Gasteiger partial charge < -0.3 is 10.6 Å². The Balaban J connectivity index is 2.09. The minimum Gasteiger partial charge on any atom is -0.399 e. The summed E-state index contributed by atoms with van der Waals surface area (Å²) in [5, 5.41) is 0.946. The van der Waals surface area contributed by atoms with Crippen LogP contribution in [0.25, 0.3) is 0 Å². The first-order valence-corrected chi connectivity index (χ1v) is 7.03. The highest BCUT2D eigenvalue weighted by Crippen LogP contribution is 2.25. The quantitative estimate of drug-likeness (QED) is 0.875. The Morgan fingerprint density at radius 2 is 1.84 bits per heavy atom. The molecule has 0 bridgehead atoms. The van der Waals surface area contributed by atoms with Crippen molar-refractivity contribution >= 4 is 22.4 Å². The summed E-state index contributed by atoms with van der Waals surface area (Å²) in [5.74, 6) is 0.900. The van der Waals surface area contributed by atoms with Gasteiger partial charge in [0.15, 0.2) is 0 Å². The SMILES string of the molecule is CN(Cc1ccc(N)cc1)c1nc(C(C)(C)C)ns1. The summed E-state index contributed by atoms with van der Waals surface area (Å²) in [6.45, 7) is 7.18. The molecule has 0 spiro atoms. The lowest BCUT2D eigenvalue weighted by atomic mass is 9.96. The monoisotopic (exact) mass is 276 g/mol. The minimum atomic E-state index is -0.00319. The van der Waals surface area contributed by atoms with Gasteiger partial charge in [-0.3, -0.25) is 0 Å². The van der Waals surface area contributed by atoms with Crippen LogP contribution in [-0.2, 0) is 12.0 Å². The Bertz CT molecular complexity index is 539. The number of anilines is 2. The highest BCUT2D eigenvalue weighted by molar-refractivity contribution is 7.09. The first-order valence-electron chi connectivity index (χ1n) is 6.26. The molecule has 4 nitrogen and oxygen atoms in total. The van der Waals surface area contributed by atoms with Crippen molar-refractivity contribution in [1.82, 2.24) is 9.36 Å². The number of hydrogen-bond donors (Lipinski definition) is 1. The highest BCUT2D eigenvalue weighted by atomic mass is 32.1. The average Bonchev–Trinajstić information content (AvgIpc) is 2.81. The molecule has 1 aromatic carbocycles. The summed E-state index contributed by atoms with van der Waals surface area (Å²) in [7, 11) is 2.03. The molecule has 1 aromatic heterocycles. The fraction of sp³-hybridized carbons (Fsp3) is 0.429. The molecule has 2 N–H and O–H groups in total. The summed E-state index contributed by atoms with van der Waals surface area (Å²) in [6, 6.07) is 7.92. The van der Waals surface area contributed by atoms with Crippen LogP contribution >= 0.6 is 11.5 Å². The normalized spacial score (nSPS) is 11.6. The van der Waals surface area contributed by atoms with Gasteiger partial charge in [0.05, 0.1) is 0 Å². The van der Waals surface area contributed by atoms with E-state index in [2.05, 4.69) is 35.0 Å². The molecule has 2 rings (SSSR count). The van der Waals surface area contributed by atoms with E-state index in [9.17, 15) is 0 Å². The van der Waals surface area contributed by atoms with E-state index in [0.29, 0.717) is 0 Å². The molecular weight excluding hydrogens is 256 g/mol. The van der Waals surface area contributed by atoms with Gasteiger partial charge in [-0.25, -0.2) is 4.98 Å². The van der Waals surface area contributed by atoms with Crippen LogP contribution in [0.4, 0.5) is 10.8 Å². The lowest BCUT2D eigenvalue weighted by Gasteiger charge is -2.16. The number of rotatable bonds is 3. The van der Waals surface area contributed by atoms with E-state index in [1.54, 1.807) is 0 Å². The second-order valence-electron chi connectivity index (χ2n) is 5.75. The van der Waals surface area contributed by atoms with Crippen molar-refractivity contribution in [3.63, 3.8) is 0 Å². The van der Waals surface area contributed by atoms with Crippen molar-refractivity contribution in [2.75, 3.05) is 17.7 Å². The second kappa shape index (κ2) is 5.17. The molecule has 0 aliphatic rings. The molecule has 0 aliphatic heterocycles. The minimum absolute atomic E-state index is 0.00319. The lowest BCUT2D eigenvalue weighted by molar-refractivity contribution is 0.554. The first kappa shape index (κ1) is 13.8. The standard InChI is InChI=1S/C14H20N4S/c1-14(2,3)12-16-13(19-17-12)18(4)9-10-5-7-11(15)8-6-10/h5-8H,9,15H2,1-4H3. The Kier molecular flexibility index (Phi) is 3.75. The Hall–Kier alpha value is -1.62. The average molecular weight is 276 g/mol. The van der Waals surface area contributed by atoms with Crippen LogP contribution in [0.5, 0.6) is 0 Å². The van der Waals surface area contributed by atoms with Gasteiger partial charge in [-0.05, 0) is 17.7 Å². The molecule has 0 radical (unpaired) electrons. The molecule has 2 aromatic rings. The van der Waals surface area contributed by atoms with E-state index in [1.807, 2.05) is 31.3 Å². The summed E-state index contributed by atoms with van der Waals surface area (Å²) in [5.41, 5.74) is 7.68. The molecule has 0 aliphatic carbocycles. The maximum absolute atomic E-state index is 5.69. The van der Waals surface area contributed by atoms with E-state index in [-0.39, 0.29) is 5.41 Å². The highest BCUT2D eigenvalue weighted by Gasteiger charge is 2.20. The van der Waals surface area contributed by atoms with Crippen LogP contribution in [0.3, 0.4) is 0 Å². The van der Waals surface area contributed by atoms with E-state index >= 15 is 0 Å². The largest absolute Gasteiger partial charge is 0.399 e. The van der Waals surface area contributed by atoms with Crippen LogP contribution in [0.15, 0.2) is 24.3 Å². The van der Waals surface area contributed by atoms with E-state index in [1.165, 1.54) is 17.1 Å². The van der Waals surface area contributed by atoms with Crippen molar-refractivity contribution in [1.29, 1.82) is 0 Å². The molecule has 19 heavy (non-hydrogen) atoms. The van der Waals surface area contributed by atoms with Gasteiger partial charge in [0.1, 0.15) is 5.82 Å². The van der Waals surface area contributed by atoms with Gasteiger partial charge in [0, 0.05) is 36.2 Å². The third-order valence-corrected chi connectivity index (χ3v) is 3.64. The predicted octanol–water partition coefficient (Wildman–Crippen LogP) is 3.05. The summed E-state index contributed by atoms with van der Waals surface area (Å²) in [4.78, 5) is 6.71. The van der Waals surface area contributed by atoms with Crippen LogP contribution in [0.2, 0.25) is 0 Å². The third-order valence-electron chi connectivity index (χ3n) is 2.81. The van der Waals surface area contributed by atoms with E-state index in [4.69, 9.17) is 5.73 Å². The van der Waals surface area contributed by atoms with E-state index in [0.717, 1.165) is 23.2 Å². The molecule has 5 heteroatoms. The van der Waals surface area contributed by atoms with Crippen molar-refractivity contribution in [3.05, 3.63) is 35.7 Å². The second-order valence-corrected chi connectivity index (χ2v) is 6.48. The van der Waals surface area contributed by atoms with Gasteiger partial charge in [-0.1, -0.05) is 32.9 Å². The first-order chi connectivity index (χ1) is 8.86. The summed E-state index contributed by atoms with van der Waals surface area (Å²) >= 11 is 1.45. The van der Waals surface area contributed by atoms with Crippen molar-refractivity contribution in [2.24, 2.45) is 0 Å². The predicted molar refractivity (Wildman–Crippen MR) is 81.6 cm³/mol. The van der Waals surface area contributed by atoms with Crippen LogP contribution in [0, 0.1) is 0 Å². The van der Waals surface area contributed by atoms with Gasteiger partial charge in [0.2, 0.25) is 5.13 Å². The van der Waals surface area contributed by atoms with Gasteiger partial charge in [-0.2, -0.15) is 4.37 Å². The Morgan fingerprint density at radius 1 is 1.21 bits per heavy atom. The number of nitrogens with two attached hydrogens (primary N) is 1. The van der Waals surface area contributed by atoms with Gasteiger partial charge in [-0.15, -0.1) is 0 Å². The molecule has 0 amide bonds. The van der Waals surface area contributed by atoms with Crippen molar-refractivity contribution in [3.8, 4) is 0 Å². The number of nitrogen functional groups attached to an aromatic ring is 1. The zero-order valence-electron chi connectivity index (χ0n) is 11.8. The van der Waals surface area contributed by atoms with Crippen LogP contribution < -0.4 is 10.6 Å². The zero-order chi connectivity index (χ0) is 14.0. The molecule has 0 saturated heterocycles. The third kappa shape index (κ3) is 3.44. The van der Waals surface area contributed by atoms with Gasteiger partial charge in [0.25, 0.3) is 0 Å². The molecule has 0 saturated carbocycles. The molecule has 1 heterocycles. The molecule has 0 fully saturated rings. The van der Waals surface area contributed by atoms with Gasteiger partial charge >= 0.3 is 0 Å². The topological polar surface area (TPSA) is 55.0 Å². The Labute approximate surface area is 118 Å². The number of hydrogen-bond acceptors (Lipinski definition) is 5. The number of benzene rings is 1. The van der Waals surface area contributed by atoms with Crippen molar-refractivity contribution < 1.29 is 0 Å².